The third-order valence-corrected chi connectivity index (χ3v) is 3.71. The van der Waals surface area contributed by atoms with Crippen LogP contribution in [0.1, 0.15) is 36.3 Å². The Balaban J connectivity index is 1.79. The number of aromatic nitrogens is 2. The number of nitrogens with zero attached hydrogens (tertiary/aromatic N) is 2. The fraction of sp³-hybridized carbons (Fsp3) is 0.312. The van der Waals surface area contributed by atoms with Crippen LogP contribution in [0.25, 0.3) is 0 Å². The summed E-state index contributed by atoms with van der Waals surface area (Å²) in [5, 5.41) is 6.34. The molecule has 1 atom stereocenters. The molecule has 0 spiro atoms. The van der Waals surface area contributed by atoms with Gasteiger partial charge < -0.3 is 10.6 Å². The highest BCUT2D eigenvalue weighted by molar-refractivity contribution is 5.94. The lowest BCUT2D eigenvalue weighted by molar-refractivity contribution is -0.116. The van der Waals surface area contributed by atoms with E-state index in [1.54, 1.807) is 12.4 Å². The van der Waals surface area contributed by atoms with Gasteiger partial charge in [-0.3, -0.25) is 14.8 Å². The summed E-state index contributed by atoms with van der Waals surface area (Å²) < 4.78 is 0. The molecule has 0 bridgehead atoms. The van der Waals surface area contributed by atoms with Crippen molar-refractivity contribution in [3.05, 3.63) is 47.5 Å². The SMILES string of the molecule is Cc1nccnc1C(C)Nc1ccc2c(c1)CCC(=O)N2. The molecule has 0 saturated heterocycles. The first-order valence-corrected chi connectivity index (χ1v) is 7.10. The van der Waals surface area contributed by atoms with E-state index in [2.05, 4.69) is 33.6 Å². The molecule has 1 aromatic heterocycles. The van der Waals surface area contributed by atoms with Gasteiger partial charge in [0, 0.05) is 30.2 Å². The van der Waals surface area contributed by atoms with Crippen molar-refractivity contribution in [1.82, 2.24) is 9.97 Å². The van der Waals surface area contributed by atoms with Gasteiger partial charge in [-0.25, -0.2) is 0 Å². The maximum atomic E-state index is 11.4. The van der Waals surface area contributed by atoms with Crippen LogP contribution in [0.4, 0.5) is 11.4 Å². The fourth-order valence-corrected chi connectivity index (χ4v) is 2.64. The summed E-state index contributed by atoms with van der Waals surface area (Å²) in [6, 6.07) is 6.10. The molecule has 0 radical (unpaired) electrons. The second-order valence-electron chi connectivity index (χ2n) is 5.31. The second kappa shape index (κ2) is 5.52. The van der Waals surface area contributed by atoms with Gasteiger partial charge in [-0.15, -0.1) is 0 Å². The molecule has 5 nitrogen and oxygen atoms in total. The number of nitrogens with one attached hydrogen (secondary N) is 2. The molecule has 1 amide bonds. The Morgan fingerprint density at radius 2 is 2.05 bits per heavy atom. The Kier molecular flexibility index (Phi) is 3.56. The first-order valence-electron chi connectivity index (χ1n) is 7.10. The molecule has 1 aliphatic heterocycles. The van der Waals surface area contributed by atoms with E-state index in [1.807, 2.05) is 19.1 Å². The molecule has 1 aromatic carbocycles. The number of anilines is 2. The minimum atomic E-state index is 0.0786. The van der Waals surface area contributed by atoms with E-state index < -0.39 is 0 Å². The van der Waals surface area contributed by atoms with Gasteiger partial charge in [-0.1, -0.05) is 0 Å². The molecular formula is C16H18N4O. The maximum Gasteiger partial charge on any atom is 0.224 e. The normalized spacial score (nSPS) is 15.0. The Labute approximate surface area is 123 Å². The third kappa shape index (κ3) is 2.86. The van der Waals surface area contributed by atoms with Crippen molar-refractivity contribution in [2.45, 2.75) is 32.7 Å². The van der Waals surface area contributed by atoms with Crippen LogP contribution in [0.5, 0.6) is 0 Å². The fourth-order valence-electron chi connectivity index (χ4n) is 2.64. The summed E-state index contributed by atoms with van der Waals surface area (Å²) >= 11 is 0. The number of benzene rings is 1. The van der Waals surface area contributed by atoms with Gasteiger partial charge in [0.1, 0.15) is 0 Å². The minimum absolute atomic E-state index is 0.0786. The third-order valence-electron chi connectivity index (χ3n) is 3.71. The number of carbonyl (C=O) groups is 1. The van der Waals surface area contributed by atoms with Crippen molar-refractivity contribution in [1.29, 1.82) is 0 Å². The predicted molar refractivity (Wildman–Crippen MR) is 82.2 cm³/mol. The van der Waals surface area contributed by atoms with Crippen LogP contribution >= 0.6 is 0 Å². The lowest BCUT2D eigenvalue weighted by Gasteiger charge is -2.20. The number of hydrogen-bond donors (Lipinski definition) is 2. The van der Waals surface area contributed by atoms with Crippen LogP contribution in [-0.2, 0) is 11.2 Å². The monoisotopic (exact) mass is 282 g/mol. The van der Waals surface area contributed by atoms with Crippen LogP contribution in [0.2, 0.25) is 0 Å². The summed E-state index contributed by atoms with van der Waals surface area (Å²) in [7, 11) is 0. The lowest BCUT2D eigenvalue weighted by Crippen LogP contribution is -2.19. The average molecular weight is 282 g/mol. The van der Waals surface area contributed by atoms with Crippen LogP contribution in [0.3, 0.4) is 0 Å². The molecule has 0 saturated carbocycles. The van der Waals surface area contributed by atoms with Gasteiger partial charge >= 0.3 is 0 Å². The molecule has 21 heavy (non-hydrogen) atoms. The predicted octanol–water partition coefficient (Wildman–Crippen LogP) is 2.84. The molecule has 3 rings (SSSR count). The van der Waals surface area contributed by atoms with Crippen LogP contribution < -0.4 is 10.6 Å². The standard InChI is InChI=1S/C16H18N4O/c1-10-16(18-8-7-17-10)11(2)19-13-4-5-14-12(9-13)3-6-15(21)20-14/h4-5,7-9,11,19H,3,6H2,1-2H3,(H,20,21). The molecule has 108 valence electrons. The van der Waals surface area contributed by atoms with Gasteiger partial charge in [0.05, 0.1) is 17.4 Å². The van der Waals surface area contributed by atoms with Gasteiger partial charge in [-0.2, -0.15) is 0 Å². The van der Waals surface area contributed by atoms with E-state index in [0.29, 0.717) is 6.42 Å². The van der Waals surface area contributed by atoms with E-state index in [9.17, 15) is 4.79 Å². The zero-order valence-electron chi connectivity index (χ0n) is 12.2. The van der Waals surface area contributed by atoms with Gasteiger partial charge in [0.25, 0.3) is 0 Å². The molecular weight excluding hydrogens is 264 g/mol. The van der Waals surface area contributed by atoms with Crippen molar-refractivity contribution in [3.8, 4) is 0 Å². The largest absolute Gasteiger partial charge is 0.377 e. The van der Waals surface area contributed by atoms with E-state index in [-0.39, 0.29) is 11.9 Å². The first kappa shape index (κ1) is 13.5. The quantitative estimate of drug-likeness (QED) is 0.908. The number of amides is 1. The Morgan fingerprint density at radius 3 is 2.86 bits per heavy atom. The summed E-state index contributed by atoms with van der Waals surface area (Å²) in [5.41, 5.74) is 5.00. The van der Waals surface area contributed by atoms with E-state index in [4.69, 9.17) is 0 Å². The molecule has 2 N–H and O–H groups in total. The smallest absolute Gasteiger partial charge is 0.224 e. The lowest BCUT2D eigenvalue weighted by atomic mass is 10.0. The number of rotatable bonds is 3. The Morgan fingerprint density at radius 1 is 1.24 bits per heavy atom. The number of carbonyl (C=O) groups excluding carboxylic acids is 1. The molecule has 1 aliphatic rings. The average Bonchev–Trinajstić information content (AvgIpc) is 2.48. The van der Waals surface area contributed by atoms with Crippen LogP contribution in [-0.4, -0.2) is 15.9 Å². The van der Waals surface area contributed by atoms with Crippen molar-refractivity contribution < 1.29 is 4.79 Å². The maximum absolute atomic E-state index is 11.4. The van der Waals surface area contributed by atoms with Crippen LogP contribution in [0.15, 0.2) is 30.6 Å². The number of hydrogen-bond acceptors (Lipinski definition) is 4. The van der Waals surface area contributed by atoms with Gasteiger partial charge in [0.15, 0.2) is 0 Å². The van der Waals surface area contributed by atoms with E-state index in [0.717, 1.165) is 29.2 Å². The first-order chi connectivity index (χ1) is 10.1. The summed E-state index contributed by atoms with van der Waals surface area (Å²) in [4.78, 5) is 20.0. The van der Waals surface area contributed by atoms with E-state index >= 15 is 0 Å². The highest BCUT2D eigenvalue weighted by Crippen LogP contribution is 2.27. The second-order valence-corrected chi connectivity index (χ2v) is 5.31. The summed E-state index contributed by atoms with van der Waals surface area (Å²) in [5.74, 6) is 0.0896. The Hall–Kier alpha value is -2.43. The molecule has 0 aliphatic carbocycles. The molecule has 1 unspecified atom stereocenters. The van der Waals surface area contributed by atoms with Crippen molar-refractivity contribution in [2.24, 2.45) is 0 Å². The number of aryl methyl sites for hydroxylation is 2. The van der Waals surface area contributed by atoms with Crippen molar-refractivity contribution >= 4 is 17.3 Å². The number of fused-ring (bicyclic) bond motifs is 1. The minimum Gasteiger partial charge on any atom is -0.377 e. The highest BCUT2D eigenvalue weighted by Gasteiger charge is 2.16. The van der Waals surface area contributed by atoms with Gasteiger partial charge in [0.2, 0.25) is 5.91 Å². The molecule has 2 aromatic rings. The molecule has 0 fully saturated rings. The van der Waals surface area contributed by atoms with Crippen molar-refractivity contribution in [2.75, 3.05) is 10.6 Å². The summed E-state index contributed by atoms with van der Waals surface area (Å²) in [6.07, 6.45) is 4.75. The Bertz CT molecular complexity index is 684. The van der Waals surface area contributed by atoms with E-state index in [1.165, 1.54) is 5.56 Å². The van der Waals surface area contributed by atoms with Crippen LogP contribution in [0, 0.1) is 6.92 Å². The molecule has 5 heteroatoms. The zero-order chi connectivity index (χ0) is 14.8. The van der Waals surface area contributed by atoms with Gasteiger partial charge in [-0.05, 0) is 44.0 Å². The van der Waals surface area contributed by atoms with Crippen molar-refractivity contribution in [3.63, 3.8) is 0 Å². The summed E-state index contributed by atoms with van der Waals surface area (Å²) in [6.45, 7) is 4.03. The topological polar surface area (TPSA) is 66.9 Å². The zero-order valence-corrected chi connectivity index (χ0v) is 12.2. The highest BCUT2D eigenvalue weighted by atomic mass is 16.1. The molecule has 2 heterocycles.